The number of hydrogen-bond acceptors (Lipinski definition) is 2. The summed E-state index contributed by atoms with van der Waals surface area (Å²) in [6.45, 7) is 1.49. The summed E-state index contributed by atoms with van der Waals surface area (Å²) in [5.41, 5.74) is 0.341. The number of piperidine rings is 1. The molecule has 5 nitrogen and oxygen atoms in total. The maximum absolute atomic E-state index is 12.0. The molecule has 108 valence electrons. The zero-order valence-corrected chi connectivity index (χ0v) is 11.5. The lowest BCUT2D eigenvalue weighted by Gasteiger charge is -2.33. The molecule has 2 fully saturated rings. The Kier molecular flexibility index (Phi) is 3.51. The lowest BCUT2D eigenvalue weighted by Crippen LogP contribution is -2.39. The van der Waals surface area contributed by atoms with E-state index >= 15 is 0 Å². The second kappa shape index (κ2) is 5.31. The van der Waals surface area contributed by atoms with Crippen LogP contribution in [0, 0.1) is 5.92 Å². The van der Waals surface area contributed by atoms with Crippen molar-refractivity contribution in [2.24, 2.45) is 5.92 Å². The quantitative estimate of drug-likeness (QED) is 0.916. The maximum Gasteiger partial charge on any atom is 0.352 e. The second-order valence-electron chi connectivity index (χ2n) is 5.87. The first-order valence-electron chi connectivity index (χ1n) is 7.33. The van der Waals surface area contributed by atoms with E-state index < -0.39 is 5.97 Å². The van der Waals surface area contributed by atoms with Gasteiger partial charge in [0.15, 0.2) is 0 Å². The third-order valence-corrected chi connectivity index (χ3v) is 4.37. The van der Waals surface area contributed by atoms with Gasteiger partial charge in [0.05, 0.1) is 0 Å². The van der Waals surface area contributed by atoms with Crippen molar-refractivity contribution in [3.63, 3.8) is 0 Å². The number of aromatic nitrogens is 1. The van der Waals surface area contributed by atoms with Gasteiger partial charge in [0.25, 0.3) is 0 Å². The maximum atomic E-state index is 12.0. The Morgan fingerprint density at radius 2 is 1.90 bits per heavy atom. The van der Waals surface area contributed by atoms with Gasteiger partial charge in [-0.25, -0.2) is 4.79 Å². The second-order valence-corrected chi connectivity index (χ2v) is 5.87. The van der Waals surface area contributed by atoms with Crippen LogP contribution in [0.4, 0.5) is 0 Å². The number of aromatic carboxylic acids is 1. The molecule has 1 aliphatic carbocycles. The number of hydrogen-bond donors (Lipinski definition) is 1. The van der Waals surface area contributed by atoms with E-state index in [1.165, 1.54) is 12.8 Å². The zero-order valence-electron chi connectivity index (χ0n) is 11.5. The Balaban J connectivity index is 1.58. The van der Waals surface area contributed by atoms with Crippen LogP contribution in [0.3, 0.4) is 0 Å². The fraction of sp³-hybridized carbons (Fsp3) is 0.600. The Labute approximate surface area is 118 Å². The van der Waals surface area contributed by atoms with Gasteiger partial charge in [-0.05, 0) is 43.7 Å². The number of rotatable bonds is 4. The minimum absolute atomic E-state index is 0.195. The summed E-state index contributed by atoms with van der Waals surface area (Å²) in [6, 6.07) is 3.60. The van der Waals surface area contributed by atoms with Crippen LogP contribution >= 0.6 is 0 Å². The summed E-state index contributed by atoms with van der Waals surface area (Å²) < 4.78 is 1.84. The highest BCUT2D eigenvalue weighted by Gasteiger charge is 2.30. The van der Waals surface area contributed by atoms with Gasteiger partial charge in [-0.3, -0.25) is 4.79 Å². The predicted octanol–water partition coefficient (Wildman–Crippen LogP) is 2.15. The summed E-state index contributed by atoms with van der Waals surface area (Å²) in [7, 11) is 0. The van der Waals surface area contributed by atoms with Crippen molar-refractivity contribution in [2.75, 3.05) is 13.1 Å². The summed E-state index contributed by atoms with van der Waals surface area (Å²) in [5.74, 6) is 0.0161. The summed E-state index contributed by atoms with van der Waals surface area (Å²) in [6.07, 6.45) is 6.61. The van der Waals surface area contributed by atoms with Crippen LogP contribution in [-0.4, -0.2) is 39.5 Å². The van der Waals surface area contributed by atoms with Crippen molar-refractivity contribution < 1.29 is 14.7 Å². The Morgan fingerprint density at radius 1 is 1.20 bits per heavy atom. The van der Waals surface area contributed by atoms with Crippen molar-refractivity contribution in [3.05, 3.63) is 24.0 Å². The highest BCUT2D eigenvalue weighted by atomic mass is 16.4. The van der Waals surface area contributed by atoms with Crippen molar-refractivity contribution in [2.45, 2.75) is 38.1 Å². The molecular weight excluding hydrogens is 256 g/mol. The van der Waals surface area contributed by atoms with E-state index in [-0.39, 0.29) is 11.9 Å². The van der Waals surface area contributed by atoms with Crippen molar-refractivity contribution in [1.29, 1.82) is 0 Å². The van der Waals surface area contributed by atoms with E-state index in [0.717, 1.165) is 25.9 Å². The standard InChI is InChI=1S/C15H20N2O3/c18-14(10-11-3-4-11)16-8-5-12(6-9-16)17-7-1-2-13(17)15(19)20/h1-2,7,11-12H,3-6,8-10H2,(H,19,20). The predicted molar refractivity (Wildman–Crippen MR) is 73.6 cm³/mol. The molecule has 0 radical (unpaired) electrons. The number of amides is 1. The van der Waals surface area contributed by atoms with E-state index in [1.54, 1.807) is 12.1 Å². The number of likely N-dealkylation sites (tertiary alicyclic amines) is 1. The molecule has 2 heterocycles. The molecule has 0 bridgehead atoms. The third kappa shape index (κ3) is 2.71. The average molecular weight is 276 g/mol. The Morgan fingerprint density at radius 3 is 2.50 bits per heavy atom. The highest BCUT2D eigenvalue weighted by Crippen LogP contribution is 2.33. The highest BCUT2D eigenvalue weighted by molar-refractivity contribution is 5.85. The summed E-state index contributed by atoms with van der Waals surface area (Å²) in [5, 5.41) is 9.15. The van der Waals surface area contributed by atoms with E-state index in [0.29, 0.717) is 18.0 Å². The topological polar surface area (TPSA) is 62.5 Å². The van der Waals surface area contributed by atoms with Crippen molar-refractivity contribution in [1.82, 2.24) is 9.47 Å². The average Bonchev–Trinajstić information content (AvgIpc) is 3.11. The Hall–Kier alpha value is -1.78. The molecule has 3 rings (SSSR count). The molecule has 1 amide bonds. The van der Waals surface area contributed by atoms with Gasteiger partial charge >= 0.3 is 5.97 Å². The molecule has 0 atom stereocenters. The van der Waals surface area contributed by atoms with Gasteiger partial charge in [0.1, 0.15) is 5.69 Å². The van der Waals surface area contributed by atoms with Crippen LogP contribution < -0.4 is 0 Å². The molecule has 2 aliphatic rings. The van der Waals surface area contributed by atoms with E-state index in [2.05, 4.69) is 0 Å². The molecule has 0 spiro atoms. The van der Waals surface area contributed by atoms with Crippen LogP contribution in [0.2, 0.25) is 0 Å². The number of carboxylic acids is 1. The fourth-order valence-corrected chi connectivity index (χ4v) is 2.98. The van der Waals surface area contributed by atoms with Gasteiger partial charge < -0.3 is 14.6 Å². The molecular formula is C15H20N2O3. The lowest BCUT2D eigenvalue weighted by atomic mass is 10.0. The smallest absolute Gasteiger partial charge is 0.352 e. The fourth-order valence-electron chi connectivity index (χ4n) is 2.98. The first kappa shape index (κ1) is 13.2. The van der Waals surface area contributed by atoms with Gasteiger partial charge in [-0.15, -0.1) is 0 Å². The molecule has 1 saturated heterocycles. The van der Waals surface area contributed by atoms with Gasteiger partial charge in [0.2, 0.25) is 5.91 Å². The van der Waals surface area contributed by atoms with Crippen LogP contribution in [0.5, 0.6) is 0 Å². The molecule has 0 unspecified atom stereocenters. The van der Waals surface area contributed by atoms with Crippen LogP contribution in [0.1, 0.15) is 48.6 Å². The molecule has 0 aromatic carbocycles. The van der Waals surface area contributed by atoms with E-state index in [1.807, 2.05) is 15.7 Å². The van der Waals surface area contributed by atoms with Crippen LogP contribution in [0.15, 0.2) is 18.3 Å². The number of carbonyl (C=O) groups is 2. The first-order chi connectivity index (χ1) is 9.65. The van der Waals surface area contributed by atoms with Crippen molar-refractivity contribution >= 4 is 11.9 Å². The lowest BCUT2D eigenvalue weighted by molar-refractivity contribution is -0.132. The third-order valence-electron chi connectivity index (χ3n) is 4.37. The molecule has 1 aromatic heterocycles. The summed E-state index contributed by atoms with van der Waals surface area (Å²) in [4.78, 5) is 25.1. The van der Waals surface area contributed by atoms with Gasteiger partial charge in [-0.2, -0.15) is 0 Å². The molecule has 1 saturated carbocycles. The normalized spacial score (nSPS) is 20.1. The van der Waals surface area contributed by atoms with Crippen LogP contribution in [0.25, 0.3) is 0 Å². The van der Waals surface area contributed by atoms with Gasteiger partial charge in [-0.1, -0.05) is 0 Å². The molecule has 20 heavy (non-hydrogen) atoms. The monoisotopic (exact) mass is 276 g/mol. The zero-order chi connectivity index (χ0) is 14.1. The van der Waals surface area contributed by atoms with E-state index in [4.69, 9.17) is 5.11 Å². The molecule has 1 aromatic rings. The first-order valence-corrected chi connectivity index (χ1v) is 7.33. The van der Waals surface area contributed by atoms with Crippen molar-refractivity contribution in [3.8, 4) is 0 Å². The van der Waals surface area contributed by atoms with Crippen LogP contribution in [-0.2, 0) is 4.79 Å². The molecule has 1 aliphatic heterocycles. The number of carboxylic acid groups (broad SMARTS) is 1. The summed E-state index contributed by atoms with van der Waals surface area (Å²) >= 11 is 0. The minimum Gasteiger partial charge on any atom is -0.477 e. The van der Waals surface area contributed by atoms with E-state index in [9.17, 15) is 9.59 Å². The Bertz CT molecular complexity index is 511. The SMILES string of the molecule is O=C(O)c1cccn1C1CCN(C(=O)CC2CC2)CC1. The molecule has 1 N–H and O–H groups in total. The number of nitrogens with zero attached hydrogens (tertiary/aromatic N) is 2. The largest absolute Gasteiger partial charge is 0.477 e. The number of carbonyl (C=O) groups excluding carboxylic acids is 1. The molecule has 5 heteroatoms. The minimum atomic E-state index is -0.887. The van der Waals surface area contributed by atoms with Gasteiger partial charge in [0, 0.05) is 31.7 Å².